The van der Waals surface area contributed by atoms with Crippen LogP contribution in [0, 0.1) is 0 Å². The lowest BCUT2D eigenvalue weighted by molar-refractivity contribution is 0.0915. The van der Waals surface area contributed by atoms with Crippen molar-refractivity contribution in [2.75, 3.05) is 0 Å². The highest BCUT2D eigenvalue weighted by Crippen LogP contribution is 2.36. The van der Waals surface area contributed by atoms with Crippen molar-refractivity contribution in [1.29, 1.82) is 0 Å². The first-order valence-corrected chi connectivity index (χ1v) is 7.35. The first kappa shape index (κ1) is 12.3. The van der Waals surface area contributed by atoms with E-state index in [0.29, 0.717) is 5.16 Å². The zero-order chi connectivity index (χ0) is 14.2. The van der Waals surface area contributed by atoms with E-state index in [0.717, 1.165) is 16.7 Å². The van der Waals surface area contributed by atoms with Crippen LogP contribution in [0.4, 0.5) is 5.69 Å². The molecule has 0 radical (unpaired) electrons. The van der Waals surface area contributed by atoms with E-state index < -0.39 is 5.37 Å². The van der Waals surface area contributed by atoms with Gasteiger partial charge < -0.3 is 0 Å². The Morgan fingerprint density at radius 1 is 1.05 bits per heavy atom. The second-order valence-electron chi connectivity index (χ2n) is 4.58. The Kier molecular flexibility index (Phi) is 2.82. The minimum absolute atomic E-state index is 0.0941. The maximum absolute atomic E-state index is 12.4. The van der Waals surface area contributed by atoms with Crippen LogP contribution in [0.3, 0.4) is 0 Å². The molecule has 6 heteroatoms. The second-order valence-corrected chi connectivity index (χ2v) is 5.63. The molecular formula is C15H10N4OS. The number of nitrogens with zero attached hydrogens (tertiary/aromatic N) is 4. The molecule has 1 atom stereocenters. The lowest BCUT2D eigenvalue weighted by Gasteiger charge is -2.00. The SMILES string of the molecule is O=C1C(N=Nc2ccccc2)Sc2nc3ccccc3n21. The number of carbonyl (C=O) groups excluding carboxylic acids is 1. The maximum atomic E-state index is 12.4. The molecule has 0 amide bonds. The number of rotatable bonds is 2. The van der Waals surface area contributed by atoms with Crippen LogP contribution in [-0.4, -0.2) is 20.8 Å². The van der Waals surface area contributed by atoms with Crippen LogP contribution < -0.4 is 0 Å². The third kappa shape index (κ3) is 2.04. The zero-order valence-electron chi connectivity index (χ0n) is 10.9. The number of imidazole rings is 1. The minimum Gasteiger partial charge on any atom is -0.270 e. The first-order chi connectivity index (χ1) is 10.3. The third-order valence-corrected chi connectivity index (χ3v) is 4.22. The Hall–Kier alpha value is -2.47. The van der Waals surface area contributed by atoms with E-state index in [4.69, 9.17) is 0 Å². The van der Waals surface area contributed by atoms with Gasteiger partial charge in [-0.2, -0.15) is 10.2 Å². The van der Waals surface area contributed by atoms with Gasteiger partial charge in [-0.25, -0.2) is 4.98 Å². The molecule has 1 aliphatic rings. The summed E-state index contributed by atoms with van der Waals surface area (Å²) in [6, 6.07) is 17.0. The van der Waals surface area contributed by atoms with E-state index in [1.54, 1.807) is 4.57 Å². The zero-order valence-corrected chi connectivity index (χ0v) is 11.7. The van der Waals surface area contributed by atoms with Crippen LogP contribution >= 0.6 is 11.8 Å². The molecule has 2 aromatic carbocycles. The number of benzene rings is 2. The van der Waals surface area contributed by atoms with Gasteiger partial charge in [0.1, 0.15) is 0 Å². The molecule has 102 valence electrons. The topological polar surface area (TPSA) is 59.6 Å². The summed E-state index contributed by atoms with van der Waals surface area (Å²) in [4.78, 5) is 16.9. The summed E-state index contributed by atoms with van der Waals surface area (Å²) >= 11 is 1.33. The summed E-state index contributed by atoms with van der Waals surface area (Å²) in [5.74, 6) is -0.0941. The van der Waals surface area contributed by atoms with Crippen molar-refractivity contribution in [1.82, 2.24) is 9.55 Å². The summed E-state index contributed by atoms with van der Waals surface area (Å²) in [5.41, 5.74) is 2.38. The molecule has 3 aromatic rings. The van der Waals surface area contributed by atoms with Gasteiger partial charge in [0, 0.05) is 0 Å². The fourth-order valence-corrected chi connectivity index (χ4v) is 3.19. The summed E-state index contributed by atoms with van der Waals surface area (Å²) in [7, 11) is 0. The third-order valence-electron chi connectivity index (χ3n) is 3.21. The molecule has 1 aromatic heterocycles. The van der Waals surface area contributed by atoms with Crippen LogP contribution in [0.25, 0.3) is 11.0 Å². The van der Waals surface area contributed by atoms with E-state index in [1.807, 2.05) is 54.6 Å². The van der Waals surface area contributed by atoms with Gasteiger partial charge in [0.05, 0.1) is 16.7 Å². The number of fused-ring (bicyclic) bond motifs is 3. The van der Waals surface area contributed by atoms with E-state index in [2.05, 4.69) is 15.2 Å². The monoisotopic (exact) mass is 294 g/mol. The summed E-state index contributed by atoms with van der Waals surface area (Å²) in [6.07, 6.45) is 0. The highest BCUT2D eigenvalue weighted by molar-refractivity contribution is 8.00. The molecule has 5 nitrogen and oxygen atoms in total. The van der Waals surface area contributed by atoms with Crippen molar-refractivity contribution < 1.29 is 4.79 Å². The number of hydrogen-bond acceptors (Lipinski definition) is 5. The van der Waals surface area contributed by atoms with Gasteiger partial charge in [-0.1, -0.05) is 30.3 Å². The number of hydrogen-bond donors (Lipinski definition) is 0. The molecule has 4 rings (SSSR count). The number of carbonyl (C=O) groups is 1. The number of aromatic nitrogens is 2. The van der Waals surface area contributed by atoms with Gasteiger partial charge in [-0.3, -0.25) is 9.36 Å². The van der Waals surface area contributed by atoms with Crippen molar-refractivity contribution >= 4 is 34.4 Å². The molecular weight excluding hydrogens is 284 g/mol. The largest absolute Gasteiger partial charge is 0.270 e. The number of para-hydroxylation sites is 2. The Bertz CT molecular complexity index is 856. The fourth-order valence-electron chi connectivity index (χ4n) is 2.24. The molecule has 0 saturated heterocycles. The van der Waals surface area contributed by atoms with Gasteiger partial charge in [0.25, 0.3) is 5.91 Å². The van der Waals surface area contributed by atoms with E-state index in [9.17, 15) is 4.79 Å². The molecule has 0 saturated carbocycles. The molecule has 1 aliphatic heterocycles. The predicted molar refractivity (Wildman–Crippen MR) is 81.0 cm³/mol. The smallest absolute Gasteiger partial charge is 0.270 e. The van der Waals surface area contributed by atoms with Crippen LogP contribution in [0.1, 0.15) is 4.79 Å². The van der Waals surface area contributed by atoms with Crippen LogP contribution in [0.15, 0.2) is 70.0 Å². The van der Waals surface area contributed by atoms with Gasteiger partial charge in [0.15, 0.2) is 5.16 Å². The molecule has 2 heterocycles. The molecule has 0 fully saturated rings. The van der Waals surface area contributed by atoms with Crippen molar-refractivity contribution in [2.24, 2.45) is 10.2 Å². The summed E-state index contributed by atoms with van der Waals surface area (Å²) < 4.78 is 1.62. The quantitative estimate of drug-likeness (QED) is 0.674. The van der Waals surface area contributed by atoms with Crippen molar-refractivity contribution in [2.45, 2.75) is 10.5 Å². The van der Waals surface area contributed by atoms with E-state index in [1.165, 1.54) is 11.8 Å². The van der Waals surface area contributed by atoms with Crippen LogP contribution in [0.2, 0.25) is 0 Å². The highest BCUT2D eigenvalue weighted by atomic mass is 32.2. The standard InChI is InChI=1S/C15H10N4OS/c20-14-13(18-17-10-6-2-1-3-7-10)21-15-16-11-8-4-5-9-12(11)19(14)15/h1-9,13H. The average Bonchev–Trinajstić information content (AvgIpc) is 3.03. The lowest BCUT2D eigenvalue weighted by atomic mass is 10.3. The van der Waals surface area contributed by atoms with Crippen molar-refractivity contribution in [3.8, 4) is 0 Å². The van der Waals surface area contributed by atoms with E-state index in [-0.39, 0.29) is 5.91 Å². The highest BCUT2D eigenvalue weighted by Gasteiger charge is 2.34. The van der Waals surface area contributed by atoms with Gasteiger partial charge in [-0.15, -0.1) is 0 Å². The summed E-state index contributed by atoms with van der Waals surface area (Å²) in [5, 5.41) is 8.39. The molecule has 0 spiro atoms. The molecule has 21 heavy (non-hydrogen) atoms. The lowest BCUT2D eigenvalue weighted by Crippen LogP contribution is -2.14. The molecule has 0 N–H and O–H groups in total. The predicted octanol–water partition coefficient (Wildman–Crippen LogP) is 3.89. The fraction of sp³-hybridized carbons (Fsp3) is 0.0667. The van der Waals surface area contributed by atoms with Crippen LogP contribution in [0.5, 0.6) is 0 Å². The van der Waals surface area contributed by atoms with Gasteiger partial charge in [0.2, 0.25) is 5.37 Å². The first-order valence-electron chi connectivity index (χ1n) is 6.47. The summed E-state index contributed by atoms with van der Waals surface area (Å²) in [6.45, 7) is 0. The minimum atomic E-state index is -0.558. The van der Waals surface area contributed by atoms with Crippen LogP contribution in [-0.2, 0) is 0 Å². The Morgan fingerprint density at radius 3 is 2.67 bits per heavy atom. The normalized spacial score (nSPS) is 17.7. The second kappa shape index (κ2) is 4.82. The van der Waals surface area contributed by atoms with Gasteiger partial charge >= 0.3 is 0 Å². The van der Waals surface area contributed by atoms with Gasteiger partial charge in [-0.05, 0) is 36.0 Å². The van der Waals surface area contributed by atoms with Crippen molar-refractivity contribution in [3.63, 3.8) is 0 Å². The van der Waals surface area contributed by atoms with E-state index >= 15 is 0 Å². The Labute approximate surface area is 124 Å². The Balaban J connectivity index is 1.66. The number of azo groups is 1. The average molecular weight is 294 g/mol. The molecule has 1 unspecified atom stereocenters. The number of thioether (sulfide) groups is 1. The molecule has 0 bridgehead atoms. The Morgan fingerprint density at radius 2 is 1.81 bits per heavy atom. The van der Waals surface area contributed by atoms with Crippen molar-refractivity contribution in [3.05, 3.63) is 54.6 Å². The maximum Gasteiger partial charge on any atom is 0.270 e. The molecule has 0 aliphatic carbocycles.